The third-order valence-electron chi connectivity index (χ3n) is 4.26. The molecule has 2 aromatic carbocycles. The van der Waals surface area contributed by atoms with Crippen LogP contribution in [0, 0.1) is 17.0 Å². The third-order valence-corrected chi connectivity index (χ3v) is 5.02. The zero-order chi connectivity index (χ0) is 21.0. The number of rotatable bonds is 6. The molecule has 0 aliphatic heterocycles. The molecule has 0 aliphatic rings. The van der Waals surface area contributed by atoms with Gasteiger partial charge < -0.3 is 5.32 Å². The molecule has 0 unspecified atom stereocenters. The van der Waals surface area contributed by atoms with E-state index in [9.17, 15) is 19.7 Å². The summed E-state index contributed by atoms with van der Waals surface area (Å²) >= 11 is 1.27. The minimum atomic E-state index is -0.511. The van der Waals surface area contributed by atoms with Crippen molar-refractivity contribution in [2.45, 2.75) is 20.4 Å². The van der Waals surface area contributed by atoms with Crippen molar-refractivity contribution in [3.63, 3.8) is 0 Å². The van der Waals surface area contributed by atoms with Crippen LogP contribution in [0.5, 0.6) is 0 Å². The van der Waals surface area contributed by atoms with E-state index in [2.05, 4.69) is 15.6 Å². The molecule has 1 heterocycles. The topological polar surface area (TPSA) is 114 Å². The van der Waals surface area contributed by atoms with Crippen molar-refractivity contribution in [2.24, 2.45) is 0 Å². The van der Waals surface area contributed by atoms with Gasteiger partial charge in [0.25, 0.3) is 11.6 Å². The van der Waals surface area contributed by atoms with E-state index in [-0.39, 0.29) is 17.2 Å². The molecule has 0 radical (unpaired) electrons. The first-order valence-corrected chi connectivity index (χ1v) is 9.57. The minimum absolute atomic E-state index is 0.0899. The Kier molecular flexibility index (Phi) is 5.99. The molecule has 0 saturated carbocycles. The van der Waals surface area contributed by atoms with Gasteiger partial charge in [-0.2, -0.15) is 0 Å². The van der Waals surface area contributed by atoms with Gasteiger partial charge in [-0.15, -0.1) is 11.3 Å². The Labute approximate surface area is 170 Å². The van der Waals surface area contributed by atoms with Crippen LogP contribution in [0.15, 0.2) is 47.8 Å². The lowest BCUT2D eigenvalue weighted by Gasteiger charge is -2.06. The highest BCUT2D eigenvalue weighted by Crippen LogP contribution is 2.27. The van der Waals surface area contributed by atoms with E-state index in [0.29, 0.717) is 22.9 Å². The number of nitrogens with one attached hydrogen (secondary N) is 2. The molecule has 29 heavy (non-hydrogen) atoms. The third kappa shape index (κ3) is 4.82. The maximum Gasteiger partial charge on any atom is 0.273 e. The summed E-state index contributed by atoms with van der Waals surface area (Å²) < 4.78 is 0. The summed E-state index contributed by atoms with van der Waals surface area (Å²) in [7, 11) is 0. The van der Waals surface area contributed by atoms with Crippen LogP contribution in [0.2, 0.25) is 0 Å². The zero-order valence-corrected chi connectivity index (χ0v) is 16.6. The fourth-order valence-electron chi connectivity index (χ4n) is 2.72. The predicted molar refractivity (Wildman–Crippen MR) is 111 cm³/mol. The predicted octanol–water partition coefficient (Wildman–Crippen LogP) is 3.92. The van der Waals surface area contributed by atoms with E-state index in [1.807, 2.05) is 29.6 Å². The van der Waals surface area contributed by atoms with E-state index in [1.165, 1.54) is 30.4 Å². The smallest absolute Gasteiger partial charge is 0.273 e. The lowest BCUT2D eigenvalue weighted by atomic mass is 10.1. The van der Waals surface area contributed by atoms with E-state index in [0.717, 1.165) is 11.1 Å². The van der Waals surface area contributed by atoms with Crippen molar-refractivity contribution in [3.05, 3.63) is 74.6 Å². The molecule has 0 aliphatic carbocycles. The second kappa shape index (κ2) is 8.61. The Balaban J connectivity index is 1.72. The molecule has 0 atom stereocenters. The van der Waals surface area contributed by atoms with Gasteiger partial charge in [-0.05, 0) is 18.6 Å². The molecule has 148 valence electrons. The maximum atomic E-state index is 12.5. The molecule has 9 heteroatoms. The average Bonchev–Trinajstić information content (AvgIpc) is 3.15. The van der Waals surface area contributed by atoms with Crippen molar-refractivity contribution < 1.29 is 14.5 Å². The first-order chi connectivity index (χ1) is 13.8. The number of amides is 2. The van der Waals surface area contributed by atoms with Gasteiger partial charge in [-0.1, -0.05) is 30.3 Å². The summed E-state index contributed by atoms with van der Waals surface area (Å²) in [5.74, 6) is -0.536. The van der Waals surface area contributed by atoms with Crippen LogP contribution in [-0.4, -0.2) is 21.7 Å². The largest absolute Gasteiger partial charge is 0.352 e. The zero-order valence-electron chi connectivity index (χ0n) is 15.8. The quantitative estimate of drug-likeness (QED) is 0.472. The number of hydrogen-bond acceptors (Lipinski definition) is 6. The number of nitrogens with zero attached hydrogens (tertiary/aromatic N) is 2. The summed E-state index contributed by atoms with van der Waals surface area (Å²) in [6.07, 6.45) is 0. The van der Waals surface area contributed by atoms with Crippen molar-refractivity contribution in [1.29, 1.82) is 0 Å². The Hall–Kier alpha value is -3.59. The SMILES string of the molecule is CC(=O)NCc1ccc(-c2csc(NC(=O)c3cccc([N+](=O)[O-])c3C)n2)cc1. The number of thiazole rings is 1. The molecule has 1 aromatic heterocycles. The molecule has 8 nitrogen and oxygen atoms in total. The van der Waals surface area contributed by atoms with Gasteiger partial charge in [0, 0.05) is 41.6 Å². The van der Waals surface area contributed by atoms with Gasteiger partial charge in [-0.3, -0.25) is 25.0 Å². The number of carbonyl (C=O) groups is 2. The second-order valence-electron chi connectivity index (χ2n) is 6.31. The van der Waals surface area contributed by atoms with Crippen molar-refractivity contribution in [2.75, 3.05) is 5.32 Å². The summed E-state index contributed by atoms with van der Waals surface area (Å²) in [4.78, 5) is 38.5. The van der Waals surface area contributed by atoms with E-state index in [1.54, 1.807) is 13.0 Å². The normalized spacial score (nSPS) is 10.4. The highest BCUT2D eigenvalue weighted by atomic mass is 32.1. The molecular formula is C20H18N4O4S. The van der Waals surface area contributed by atoms with Gasteiger partial charge in [-0.25, -0.2) is 4.98 Å². The molecule has 3 rings (SSSR count). The molecule has 0 saturated heterocycles. The highest BCUT2D eigenvalue weighted by Gasteiger charge is 2.19. The van der Waals surface area contributed by atoms with E-state index >= 15 is 0 Å². The number of anilines is 1. The van der Waals surface area contributed by atoms with Crippen molar-refractivity contribution in [1.82, 2.24) is 10.3 Å². The van der Waals surface area contributed by atoms with Crippen LogP contribution >= 0.6 is 11.3 Å². The Morgan fingerprint density at radius 3 is 2.55 bits per heavy atom. The monoisotopic (exact) mass is 410 g/mol. The van der Waals surface area contributed by atoms with Crippen molar-refractivity contribution >= 4 is 34.0 Å². The van der Waals surface area contributed by atoms with Crippen molar-refractivity contribution in [3.8, 4) is 11.3 Å². The van der Waals surface area contributed by atoms with Crippen LogP contribution in [0.4, 0.5) is 10.8 Å². The molecule has 0 bridgehead atoms. The fraction of sp³-hybridized carbons (Fsp3) is 0.150. The number of hydrogen-bond donors (Lipinski definition) is 2. The van der Waals surface area contributed by atoms with Crippen LogP contribution in [0.3, 0.4) is 0 Å². The van der Waals surface area contributed by atoms with E-state index < -0.39 is 10.8 Å². The van der Waals surface area contributed by atoms with Crippen LogP contribution in [0.25, 0.3) is 11.3 Å². The summed E-state index contributed by atoms with van der Waals surface area (Å²) in [6.45, 7) is 3.47. The number of carbonyl (C=O) groups excluding carboxylic acids is 2. The van der Waals surface area contributed by atoms with Crippen LogP contribution in [-0.2, 0) is 11.3 Å². The maximum absolute atomic E-state index is 12.5. The first kappa shape index (κ1) is 20.2. The molecule has 3 aromatic rings. The Bertz CT molecular complexity index is 1080. The first-order valence-electron chi connectivity index (χ1n) is 8.70. The highest BCUT2D eigenvalue weighted by molar-refractivity contribution is 7.14. The number of aromatic nitrogens is 1. The Morgan fingerprint density at radius 1 is 1.17 bits per heavy atom. The summed E-state index contributed by atoms with van der Waals surface area (Å²) in [6, 6.07) is 12.0. The number of benzene rings is 2. The van der Waals surface area contributed by atoms with Gasteiger partial charge in [0.05, 0.1) is 10.6 Å². The fourth-order valence-corrected chi connectivity index (χ4v) is 3.43. The van der Waals surface area contributed by atoms with Crippen LogP contribution in [0.1, 0.15) is 28.4 Å². The molecule has 2 amide bonds. The Morgan fingerprint density at radius 2 is 1.90 bits per heavy atom. The lowest BCUT2D eigenvalue weighted by molar-refractivity contribution is -0.385. The molecular weight excluding hydrogens is 392 g/mol. The van der Waals surface area contributed by atoms with E-state index in [4.69, 9.17) is 0 Å². The molecule has 0 fully saturated rings. The van der Waals surface area contributed by atoms with Gasteiger partial charge in [0.1, 0.15) is 0 Å². The number of nitro groups is 1. The van der Waals surface area contributed by atoms with Gasteiger partial charge in [0.2, 0.25) is 5.91 Å². The van der Waals surface area contributed by atoms with Gasteiger partial charge in [0.15, 0.2) is 5.13 Å². The number of nitro benzene ring substituents is 1. The summed E-state index contributed by atoms with van der Waals surface area (Å²) in [5, 5.41) is 18.7. The summed E-state index contributed by atoms with van der Waals surface area (Å²) in [5.41, 5.74) is 2.98. The lowest BCUT2D eigenvalue weighted by Crippen LogP contribution is -2.18. The molecule has 2 N–H and O–H groups in total. The standard InChI is InChI=1S/C20H18N4O4S/c1-12-16(4-3-5-18(12)24(27)28)19(26)23-20-22-17(11-29-20)15-8-6-14(7-9-15)10-21-13(2)25/h3-9,11H,10H2,1-2H3,(H,21,25)(H,22,23,26). The average molecular weight is 410 g/mol. The van der Waals surface area contributed by atoms with Crippen LogP contribution < -0.4 is 10.6 Å². The molecule has 0 spiro atoms. The minimum Gasteiger partial charge on any atom is -0.352 e. The van der Waals surface area contributed by atoms with Gasteiger partial charge >= 0.3 is 0 Å². The second-order valence-corrected chi connectivity index (χ2v) is 7.16.